The molecule has 0 rings (SSSR count). The zero-order valence-corrected chi connectivity index (χ0v) is 26.6. The van der Waals surface area contributed by atoms with Gasteiger partial charge >= 0.3 is 11.9 Å². The van der Waals surface area contributed by atoms with Crippen LogP contribution in [0.3, 0.4) is 0 Å². The summed E-state index contributed by atoms with van der Waals surface area (Å²) in [6.45, 7) is 4.39. The number of unbranched alkanes of at least 4 members (excludes halogenated alkanes) is 13. The molecule has 4 heteroatoms. The number of carbonyl (C=O) groups is 2. The maximum absolute atomic E-state index is 12.1. The summed E-state index contributed by atoms with van der Waals surface area (Å²) >= 11 is 0. The standard InChI is InChI=1S/C37H62O4/c1-3-5-7-9-11-13-15-16-17-18-19-20-21-22-24-26-28-30-32-34-36(38)41-35(37(39)40)33-31-29-27-25-23-14-12-10-8-6-4-2/h5,7,11,13,16-17,19-20,22,24,35H,3-4,6,8-10,12,14-15,18,21,23,25-34H2,1-2H3,(H,39,40)/b7-5-,13-11-,17-16-,20-19-,24-22-. The lowest BCUT2D eigenvalue weighted by Crippen LogP contribution is -2.27. The van der Waals surface area contributed by atoms with Crippen molar-refractivity contribution in [2.24, 2.45) is 0 Å². The number of ether oxygens (including phenoxy) is 1. The van der Waals surface area contributed by atoms with Crippen LogP contribution >= 0.6 is 0 Å². The van der Waals surface area contributed by atoms with Gasteiger partial charge in [-0.1, -0.05) is 145 Å². The van der Waals surface area contributed by atoms with Crippen molar-refractivity contribution in [3.8, 4) is 0 Å². The third-order valence-electron chi connectivity index (χ3n) is 7.03. The van der Waals surface area contributed by atoms with Crippen molar-refractivity contribution in [2.75, 3.05) is 0 Å². The topological polar surface area (TPSA) is 63.6 Å². The second-order valence-corrected chi connectivity index (χ2v) is 10.9. The van der Waals surface area contributed by atoms with Crippen LogP contribution in [-0.4, -0.2) is 23.1 Å². The van der Waals surface area contributed by atoms with Crippen LogP contribution in [0.4, 0.5) is 0 Å². The van der Waals surface area contributed by atoms with Gasteiger partial charge in [0.15, 0.2) is 6.10 Å². The summed E-state index contributed by atoms with van der Waals surface area (Å²) in [6, 6.07) is 0. The zero-order valence-electron chi connectivity index (χ0n) is 26.6. The Morgan fingerprint density at radius 3 is 1.49 bits per heavy atom. The maximum Gasteiger partial charge on any atom is 0.345 e. The van der Waals surface area contributed by atoms with Crippen LogP contribution in [0.15, 0.2) is 60.8 Å². The smallest absolute Gasteiger partial charge is 0.345 e. The molecule has 0 fully saturated rings. The number of allylic oxidation sites excluding steroid dienone is 10. The van der Waals surface area contributed by atoms with Crippen molar-refractivity contribution < 1.29 is 19.4 Å². The largest absolute Gasteiger partial charge is 0.479 e. The summed E-state index contributed by atoms with van der Waals surface area (Å²) in [4.78, 5) is 23.6. The van der Waals surface area contributed by atoms with Crippen molar-refractivity contribution in [1.82, 2.24) is 0 Å². The van der Waals surface area contributed by atoms with Gasteiger partial charge in [0.2, 0.25) is 0 Å². The molecular weight excluding hydrogens is 508 g/mol. The fraction of sp³-hybridized carbons (Fsp3) is 0.676. The molecule has 0 saturated heterocycles. The first-order chi connectivity index (χ1) is 20.1. The van der Waals surface area contributed by atoms with Gasteiger partial charge in [-0.15, -0.1) is 0 Å². The first-order valence-corrected chi connectivity index (χ1v) is 16.8. The van der Waals surface area contributed by atoms with E-state index in [9.17, 15) is 14.7 Å². The lowest BCUT2D eigenvalue weighted by atomic mass is 10.0. The van der Waals surface area contributed by atoms with Gasteiger partial charge in [0.25, 0.3) is 0 Å². The molecule has 0 aromatic rings. The van der Waals surface area contributed by atoms with Crippen molar-refractivity contribution in [2.45, 2.75) is 161 Å². The molecule has 0 saturated carbocycles. The van der Waals surface area contributed by atoms with Gasteiger partial charge < -0.3 is 9.84 Å². The molecule has 0 spiro atoms. The molecule has 0 aliphatic heterocycles. The average molecular weight is 571 g/mol. The fourth-order valence-corrected chi connectivity index (χ4v) is 4.52. The van der Waals surface area contributed by atoms with Crippen LogP contribution < -0.4 is 0 Å². The lowest BCUT2D eigenvalue weighted by Gasteiger charge is -2.13. The molecule has 1 unspecified atom stereocenters. The third-order valence-corrected chi connectivity index (χ3v) is 7.03. The highest BCUT2D eigenvalue weighted by atomic mass is 16.6. The zero-order chi connectivity index (χ0) is 30.1. The molecule has 0 aliphatic rings. The Morgan fingerprint density at radius 2 is 1.00 bits per heavy atom. The number of carboxylic acid groups (broad SMARTS) is 1. The molecule has 41 heavy (non-hydrogen) atoms. The SMILES string of the molecule is CC/C=C\C/C=C\C/C=C\C/C=C\C/C=C\CCCCCC(=O)OC(CCCCCCCCCCCCC)C(=O)O. The van der Waals surface area contributed by atoms with E-state index in [1.165, 1.54) is 51.4 Å². The van der Waals surface area contributed by atoms with Gasteiger partial charge in [0.05, 0.1) is 0 Å². The normalized spacial score (nSPS) is 13.0. The van der Waals surface area contributed by atoms with Crippen molar-refractivity contribution in [3.05, 3.63) is 60.8 Å². The first-order valence-electron chi connectivity index (χ1n) is 16.8. The summed E-state index contributed by atoms with van der Waals surface area (Å²) in [5.74, 6) is -1.40. The molecule has 0 aromatic heterocycles. The predicted molar refractivity (Wildman–Crippen MR) is 176 cm³/mol. The lowest BCUT2D eigenvalue weighted by molar-refractivity contribution is -0.164. The van der Waals surface area contributed by atoms with Crippen LogP contribution in [0.2, 0.25) is 0 Å². The monoisotopic (exact) mass is 570 g/mol. The molecule has 234 valence electrons. The first kappa shape index (κ1) is 38.6. The molecule has 0 amide bonds. The van der Waals surface area contributed by atoms with Crippen LogP contribution in [0, 0.1) is 0 Å². The van der Waals surface area contributed by atoms with Gasteiger partial charge in [0, 0.05) is 6.42 Å². The minimum Gasteiger partial charge on any atom is -0.479 e. The minimum absolute atomic E-state index is 0.299. The van der Waals surface area contributed by atoms with Crippen molar-refractivity contribution >= 4 is 11.9 Å². The summed E-state index contributed by atoms with van der Waals surface area (Å²) in [7, 11) is 0. The summed E-state index contributed by atoms with van der Waals surface area (Å²) in [6.07, 6.45) is 43.9. The van der Waals surface area contributed by atoms with Crippen molar-refractivity contribution in [3.63, 3.8) is 0 Å². The average Bonchev–Trinajstić information content (AvgIpc) is 2.96. The van der Waals surface area contributed by atoms with E-state index in [-0.39, 0.29) is 5.97 Å². The Bertz CT molecular complexity index is 744. The van der Waals surface area contributed by atoms with Gasteiger partial charge in [-0.2, -0.15) is 0 Å². The molecule has 0 aliphatic carbocycles. The predicted octanol–water partition coefficient (Wildman–Crippen LogP) is 11.4. The Kier molecular flexibility index (Phi) is 30.3. The van der Waals surface area contributed by atoms with E-state index in [0.29, 0.717) is 12.8 Å². The fourth-order valence-electron chi connectivity index (χ4n) is 4.52. The number of hydrogen-bond acceptors (Lipinski definition) is 3. The molecule has 0 aromatic carbocycles. The maximum atomic E-state index is 12.1. The molecular formula is C37H62O4. The number of aliphatic carboxylic acids is 1. The van der Waals surface area contributed by atoms with E-state index in [2.05, 4.69) is 74.6 Å². The number of esters is 1. The van der Waals surface area contributed by atoms with Gasteiger partial charge in [0.1, 0.15) is 0 Å². The third kappa shape index (κ3) is 30.4. The molecule has 0 radical (unpaired) electrons. The van der Waals surface area contributed by atoms with Crippen LogP contribution in [-0.2, 0) is 14.3 Å². The van der Waals surface area contributed by atoms with Gasteiger partial charge in [-0.05, 0) is 64.2 Å². The molecule has 1 N–H and O–H groups in total. The highest BCUT2D eigenvalue weighted by Gasteiger charge is 2.21. The van der Waals surface area contributed by atoms with Crippen LogP contribution in [0.1, 0.15) is 155 Å². The Morgan fingerprint density at radius 1 is 0.561 bits per heavy atom. The second-order valence-electron chi connectivity index (χ2n) is 10.9. The summed E-state index contributed by atoms with van der Waals surface area (Å²) < 4.78 is 5.27. The Hall–Kier alpha value is -2.36. The number of rotatable bonds is 29. The van der Waals surface area contributed by atoms with E-state index in [4.69, 9.17) is 4.74 Å². The number of carbonyl (C=O) groups excluding carboxylic acids is 1. The summed E-state index contributed by atoms with van der Waals surface area (Å²) in [5, 5.41) is 9.42. The highest BCUT2D eigenvalue weighted by Crippen LogP contribution is 2.14. The van der Waals surface area contributed by atoms with Gasteiger partial charge in [-0.25, -0.2) is 4.79 Å². The minimum atomic E-state index is -1.02. The molecule has 0 bridgehead atoms. The van der Waals surface area contributed by atoms with Crippen LogP contribution in [0.5, 0.6) is 0 Å². The number of hydrogen-bond donors (Lipinski definition) is 1. The van der Waals surface area contributed by atoms with E-state index in [0.717, 1.165) is 77.0 Å². The van der Waals surface area contributed by atoms with E-state index in [1.807, 2.05) is 0 Å². The summed E-state index contributed by atoms with van der Waals surface area (Å²) in [5.41, 5.74) is 0. The molecule has 1 atom stereocenters. The highest BCUT2D eigenvalue weighted by molar-refractivity contribution is 5.77. The van der Waals surface area contributed by atoms with Crippen molar-refractivity contribution in [1.29, 1.82) is 0 Å². The molecule has 4 nitrogen and oxygen atoms in total. The quantitative estimate of drug-likeness (QED) is 0.0552. The van der Waals surface area contributed by atoms with E-state index in [1.54, 1.807) is 0 Å². The van der Waals surface area contributed by atoms with Crippen LogP contribution in [0.25, 0.3) is 0 Å². The molecule has 0 heterocycles. The Labute approximate surface area is 253 Å². The van der Waals surface area contributed by atoms with E-state index < -0.39 is 12.1 Å². The second kappa shape index (κ2) is 32.2. The Balaban J connectivity index is 3.71. The van der Waals surface area contributed by atoms with E-state index >= 15 is 0 Å². The number of carboxylic acids is 1. The van der Waals surface area contributed by atoms with Gasteiger partial charge in [-0.3, -0.25) is 4.79 Å².